The van der Waals surface area contributed by atoms with E-state index in [-0.39, 0.29) is 0 Å². The number of ether oxygens (including phenoxy) is 2. The molecule has 0 bridgehead atoms. The van der Waals surface area contributed by atoms with Gasteiger partial charge in [-0.25, -0.2) is 0 Å². The summed E-state index contributed by atoms with van der Waals surface area (Å²) in [6.07, 6.45) is 0. The van der Waals surface area contributed by atoms with Crippen LogP contribution in [0.3, 0.4) is 0 Å². The second kappa shape index (κ2) is 9.44. The van der Waals surface area contributed by atoms with Crippen LogP contribution in [0.2, 0.25) is 0 Å². The first-order valence-electron chi connectivity index (χ1n) is 5.61. The van der Waals surface area contributed by atoms with E-state index in [2.05, 4.69) is 26.1 Å². The summed E-state index contributed by atoms with van der Waals surface area (Å²) in [7, 11) is 0. The van der Waals surface area contributed by atoms with Crippen molar-refractivity contribution < 1.29 is 9.47 Å². The van der Waals surface area contributed by atoms with E-state index in [1.165, 1.54) is 0 Å². The topological polar surface area (TPSA) is 30.5 Å². The fourth-order valence-electron chi connectivity index (χ4n) is 1.22. The van der Waals surface area contributed by atoms with Gasteiger partial charge in [0.25, 0.3) is 0 Å². The average Bonchev–Trinajstić information content (AvgIpc) is 2.15. The fraction of sp³-hybridized carbons (Fsp3) is 1.00. The van der Waals surface area contributed by atoms with Crippen molar-refractivity contribution in [2.24, 2.45) is 5.92 Å². The van der Waals surface area contributed by atoms with E-state index in [9.17, 15) is 0 Å². The Bertz CT molecular complexity index is 118. The number of hydrogen-bond donors (Lipinski definition) is 1. The highest BCUT2D eigenvalue weighted by atomic mass is 16.5. The van der Waals surface area contributed by atoms with Crippen molar-refractivity contribution in [3.8, 4) is 0 Å². The molecule has 0 heterocycles. The van der Waals surface area contributed by atoms with E-state index in [0.717, 1.165) is 19.8 Å². The van der Waals surface area contributed by atoms with Crippen LogP contribution >= 0.6 is 0 Å². The van der Waals surface area contributed by atoms with Gasteiger partial charge in [-0.1, -0.05) is 20.8 Å². The minimum absolute atomic E-state index is 0.460. The smallest absolute Gasteiger partial charge is 0.0701 e. The third-order valence-electron chi connectivity index (χ3n) is 2.14. The maximum Gasteiger partial charge on any atom is 0.0701 e. The van der Waals surface area contributed by atoms with Crippen LogP contribution in [0.5, 0.6) is 0 Å². The van der Waals surface area contributed by atoms with Crippen molar-refractivity contribution >= 4 is 0 Å². The molecule has 0 amide bonds. The Balaban J connectivity index is 3.41. The minimum atomic E-state index is 0.460. The number of nitrogens with one attached hydrogen (secondary N) is 1. The summed E-state index contributed by atoms with van der Waals surface area (Å²) < 4.78 is 10.7. The Labute approximate surface area is 88.2 Å². The van der Waals surface area contributed by atoms with Crippen LogP contribution in [0.25, 0.3) is 0 Å². The number of hydrogen-bond acceptors (Lipinski definition) is 3. The predicted molar refractivity (Wildman–Crippen MR) is 59.6 cm³/mol. The van der Waals surface area contributed by atoms with E-state index in [4.69, 9.17) is 9.47 Å². The van der Waals surface area contributed by atoms with E-state index in [1.54, 1.807) is 0 Å². The Hall–Kier alpha value is -0.120. The molecule has 86 valence electrons. The predicted octanol–water partition coefficient (Wildman–Crippen LogP) is 1.67. The van der Waals surface area contributed by atoms with Gasteiger partial charge in [0, 0.05) is 12.6 Å². The molecule has 0 aliphatic rings. The maximum atomic E-state index is 5.52. The lowest BCUT2D eigenvalue weighted by atomic mass is 10.1. The van der Waals surface area contributed by atoms with E-state index >= 15 is 0 Å². The first-order valence-corrected chi connectivity index (χ1v) is 5.61. The molecule has 1 atom stereocenters. The molecule has 0 radical (unpaired) electrons. The first kappa shape index (κ1) is 13.9. The molecular weight excluding hydrogens is 178 g/mol. The van der Waals surface area contributed by atoms with Gasteiger partial charge in [0.15, 0.2) is 0 Å². The molecule has 1 unspecified atom stereocenters. The van der Waals surface area contributed by atoms with Gasteiger partial charge in [-0.15, -0.1) is 0 Å². The lowest BCUT2D eigenvalue weighted by Gasteiger charge is -2.21. The fourth-order valence-corrected chi connectivity index (χ4v) is 1.22. The van der Waals surface area contributed by atoms with Crippen LogP contribution in [-0.2, 0) is 9.47 Å². The first-order chi connectivity index (χ1) is 6.72. The van der Waals surface area contributed by atoms with Gasteiger partial charge in [-0.2, -0.15) is 0 Å². The molecule has 0 saturated heterocycles. The van der Waals surface area contributed by atoms with Gasteiger partial charge >= 0.3 is 0 Å². The summed E-state index contributed by atoms with van der Waals surface area (Å²) in [6, 6.07) is 0.460. The van der Waals surface area contributed by atoms with Crippen LogP contribution in [0.15, 0.2) is 0 Å². The molecule has 0 rings (SSSR count). The molecular formula is C11H25NO2. The van der Waals surface area contributed by atoms with Crippen molar-refractivity contribution in [3.05, 3.63) is 0 Å². The zero-order valence-electron chi connectivity index (χ0n) is 10.0. The zero-order valence-corrected chi connectivity index (χ0v) is 10.0. The van der Waals surface area contributed by atoms with E-state index < -0.39 is 0 Å². The summed E-state index contributed by atoms with van der Waals surface area (Å²) in [4.78, 5) is 0. The molecule has 0 aliphatic carbocycles. The number of likely N-dealkylation sites (N-methyl/N-ethyl adjacent to an activating group) is 1. The number of rotatable bonds is 9. The van der Waals surface area contributed by atoms with E-state index in [0.29, 0.717) is 25.2 Å². The summed E-state index contributed by atoms with van der Waals surface area (Å²) in [5.41, 5.74) is 0. The van der Waals surface area contributed by atoms with Crippen molar-refractivity contribution in [2.45, 2.75) is 33.7 Å². The molecule has 1 N–H and O–H groups in total. The van der Waals surface area contributed by atoms with Crippen molar-refractivity contribution in [3.63, 3.8) is 0 Å². The molecule has 3 heteroatoms. The minimum Gasteiger partial charge on any atom is -0.379 e. The second-order valence-corrected chi connectivity index (χ2v) is 3.68. The van der Waals surface area contributed by atoms with Crippen LogP contribution in [-0.4, -0.2) is 39.0 Å². The molecule has 0 spiro atoms. The highest BCUT2D eigenvalue weighted by Crippen LogP contribution is 2.01. The van der Waals surface area contributed by atoms with Crippen LogP contribution in [0.4, 0.5) is 0 Å². The van der Waals surface area contributed by atoms with Gasteiger partial charge < -0.3 is 14.8 Å². The molecule has 0 aromatic carbocycles. The highest BCUT2D eigenvalue weighted by molar-refractivity contribution is 4.68. The molecule has 0 fully saturated rings. The molecule has 0 saturated carbocycles. The summed E-state index contributed by atoms with van der Waals surface area (Å²) in [6.45, 7) is 12.5. The van der Waals surface area contributed by atoms with Gasteiger partial charge in [0.2, 0.25) is 0 Å². The third kappa shape index (κ3) is 7.30. The average molecular weight is 203 g/mol. The Morgan fingerprint density at radius 2 is 1.71 bits per heavy atom. The largest absolute Gasteiger partial charge is 0.379 e. The quantitative estimate of drug-likeness (QED) is 0.578. The normalized spacial score (nSPS) is 13.5. The van der Waals surface area contributed by atoms with Crippen LogP contribution < -0.4 is 5.32 Å². The monoisotopic (exact) mass is 203 g/mol. The standard InChI is InChI=1S/C11H25NO2/c1-5-12-11(10(3)4)9-14-8-7-13-6-2/h10-12H,5-9H2,1-4H3. The summed E-state index contributed by atoms with van der Waals surface area (Å²) in [5.74, 6) is 0.613. The zero-order chi connectivity index (χ0) is 10.8. The van der Waals surface area contributed by atoms with Gasteiger partial charge in [-0.05, 0) is 19.4 Å². The van der Waals surface area contributed by atoms with E-state index in [1.807, 2.05) is 6.92 Å². The van der Waals surface area contributed by atoms with Gasteiger partial charge in [0.1, 0.15) is 0 Å². The summed E-state index contributed by atoms with van der Waals surface area (Å²) >= 11 is 0. The Morgan fingerprint density at radius 3 is 2.21 bits per heavy atom. The molecule has 0 aliphatic heterocycles. The molecule has 0 aromatic rings. The lowest BCUT2D eigenvalue weighted by Crippen LogP contribution is -2.38. The molecule has 3 nitrogen and oxygen atoms in total. The van der Waals surface area contributed by atoms with Crippen LogP contribution in [0, 0.1) is 5.92 Å². The van der Waals surface area contributed by atoms with Crippen LogP contribution in [0.1, 0.15) is 27.7 Å². The van der Waals surface area contributed by atoms with Crippen molar-refractivity contribution in [1.29, 1.82) is 0 Å². The second-order valence-electron chi connectivity index (χ2n) is 3.68. The molecule has 0 aromatic heterocycles. The highest BCUT2D eigenvalue weighted by Gasteiger charge is 2.11. The van der Waals surface area contributed by atoms with Crippen molar-refractivity contribution in [1.82, 2.24) is 5.32 Å². The maximum absolute atomic E-state index is 5.52. The van der Waals surface area contributed by atoms with Gasteiger partial charge in [-0.3, -0.25) is 0 Å². The van der Waals surface area contributed by atoms with Gasteiger partial charge in [0.05, 0.1) is 19.8 Å². The summed E-state index contributed by atoms with van der Waals surface area (Å²) in [5, 5.41) is 3.41. The Morgan fingerprint density at radius 1 is 1.07 bits per heavy atom. The molecule has 14 heavy (non-hydrogen) atoms. The van der Waals surface area contributed by atoms with Crippen molar-refractivity contribution in [2.75, 3.05) is 33.0 Å². The SMILES string of the molecule is CCNC(COCCOCC)C(C)C. The lowest BCUT2D eigenvalue weighted by molar-refractivity contribution is 0.0383. The Kier molecular flexibility index (Phi) is 9.35. The third-order valence-corrected chi connectivity index (χ3v) is 2.14.